The van der Waals surface area contributed by atoms with Crippen LogP contribution in [0.15, 0.2) is 24.4 Å². The molecule has 2 aliphatic rings. The summed E-state index contributed by atoms with van der Waals surface area (Å²) in [6.45, 7) is 1.95. The van der Waals surface area contributed by atoms with Crippen molar-refractivity contribution in [1.29, 1.82) is 0 Å². The van der Waals surface area contributed by atoms with Crippen LogP contribution in [-0.4, -0.2) is 35.8 Å². The summed E-state index contributed by atoms with van der Waals surface area (Å²) >= 11 is 1.51. The quantitative estimate of drug-likeness (QED) is 0.925. The number of piperidine rings is 1. The molecule has 0 unspecified atom stereocenters. The lowest BCUT2D eigenvalue weighted by Gasteiger charge is -2.26. The van der Waals surface area contributed by atoms with E-state index in [1.54, 1.807) is 0 Å². The van der Waals surface area contributed by atoms with Gasteiger partial charge in [0.2, 0.25) is 6.79 Å². The van der Waals surface area contributed by atoms with Crippen LogP contribution in [0.5, 0.6) is 11.5 Å². The number of fused-ring (bicyclic) bond motifs is 1. The summed E-state index contributed by atoms with van der Waals surface area (Å²) in [7, 11) is 0. The van der Waals surface area contributed by atoms with Crippen molar-refractivity contribution in [1.82, 2.24) is 9.88 Å². The van der Waals surface area contributed by atoms with E-state index in [0.717, 1.165) is 54.3 Å². The van der Waals surface area contributed by atoms with Gasteiger partial charge in [0.25, 0.3) is 0 Å². The van der Waals surface area contributed by atoms with E-state index in [4.69, 9.17) is 9.47 Å². The molecule has 1 saturated heterocycles. The van der Waals surface area contributed by atoms with Crippen LogP contribution >= 0.6 is 11.3 Å². The van der Waals surface area contributed by atoms with Gasteiger partial charge in [-0.15, -0.1) is 11.3 Å². The summed E-state index contributed by atoms with van der Waals surface area (Å²) < 4.78 is 10.7. The molecule has 3 heterocycles. The maximum absolute atomic E-state index is 12.2. The minimum Gasteiger partial charge on any atom is -0.454 e. The first-order valence-corrected chi connectivity index (χ1v) is 8.99. The molecule has 2 aliphatic heterocycles. The second kappa shape index (κ2) is 6.68. The second-order valence-corrected chi connectivity index (χ2v) is 7.09. The number of anilines is 1. The molecule has 24 heavy (non-hydrogen) atoms. The van der Waals surface area contributed by atoms with E-state index >= 15 is 0 Å². The number of carbonyl (C=O) groups is 1. The molecule has 0 bridgehead atoms. The van der Waals surface area contributed by atoms with Crippen LogP contribution in [0.2, 0.25) is 0 Å². The predicted octanol–water partition coefficient (Wildman–Crippen LogP) is 3.48. The molecule has 0 saturated carbocycles. The molecule has 1 N–H and O–H groups in total. The Balaban J connectivity index is 1.38. The van der Waals surface area contributed by atoms with Crippen LogP contribution < -0.4 is 14.8 Å². The molecular weight excluding hydrogens is 326 g/mol. The van der Waals surface area contributed by atoms with E-state index in [-0.39, 0.29) is 12.8 Å². The molecule has 126 valence electrons. The number of amides is 2. The summed E-state index contributed by atoms with van der Waals surface area (Å²) in [5.41, 5.74) is 1.14. The van der Waals surface area contributed by atoms with Crippen LogP contribution in [0.1, 0.15) is 29.7 Å². The Morgan fingerprint density at radius 3 is 2.92 bits per heavy atom. The summed E-state index contributed by atoms with van der Waals surface area (Å²) in [5.74, 6) is 1.58. The molecule has 2 aromatic rings. The number of urea groups is 1. The third kappa shape index (κ3) is 3.31. The third-order valence-electron chi connectivity index (χ3n) is 4.23. The first-order chi connectivity index (χ1) is 11.8. The largest absolute Gasteiger partial charge is 0.454 e. The third-order valence-corrected chi connectivity index (χ3v) is 5.14. The minimum absolute atomic E-state index is 0.0429. The smallest absolute Gasteiger partial charge is 0.323 e. The number of carbonyl (C=O) groups excluding carboxylic acids is 1. The number of nitrogens with zero attached hydrogens (tertiary/aromatic N) is 2. The van der Waals surface area contributed by atoms with Crippen molar-refractivity contribution in [2.24, 2.45) is 0 Å². The number of nitrogens with one attached hydrogen (secondary N) is 1. The summed E-state index contributed by atoms with van der Waals surface area (Å²) in [6.07, 6.45) is 5.96. The van der Waals surface area contributed by atoms with Crippen LogP contribution in [0.3, 0.4) is 0 Å². The highest BCUT2D eigenvalue weighted by Crippen LogP contribution is 2.33. The number of hydrogen-bond donors (Lipinski definition) is 1. The average molecular weight is 345 g/mol. The second-order valence-electron chi connectivity index (χ2n) is 5.97. The Bertz CT molecular complexity index is 740. The molecule has 1 aromatic carbocycles. The highest BCUT2D eigenvalue weighted by atomic mass is 32.1. The summed E-state index contributed by atoms with van der Waals surface area (Å²) in [5, 5.41) is 3.56. The Morgan fingerprint density at radius 1 is 1.21 bits per heavy atom. The number of thiazole rings is 1. The molecule has 0 radical (unpaired) electrons. The Labute approximate surface area is 144 Å². The number of rotatable bonds is 3. The van der Waals surface area contributed by atoms with Gasteiger partial charge in [-0.25, -0.2) is 9.78 Å². The lowest BCUT2D eigenvalue weighted by Crippen LogP contribution is -2.38. The molecule has 0 aliphatic carbocycles. The van der Waals surface area contributed by atoms with Gasteiger partial charge in [-0.1, -0.05) is 6.07 Å². The van der Waals surface area contributed by atoms with Crippen molar-refractivity contribution in [3.63, 3.8) is 0 Å². The van der Waals surface area contributed by atoms with Gasteiger partial charge >= 0.3 is 6.03 Å². The Morgan fingerprint density at radius 2 is 2.04 bits per heavy atom. The molecule has 0 spiro atoms. The van der Waals surface area contributed by atoms with Crippen LogP contribution in [0, 0.1) is 0 Å². The van der Waals surface area contributed by atoms with Crippen molar-refractivity contribution < 1.29 is 14.3 Å². The number of hydrogen-bond acceptors (Lipinski definition) is 5. The highest BCUT2D eigenvalue weighted by molar-refractivity contribution is 7.15. The minimum atomic E-state index is -0.0429. The molecule has 7 heteroatoms. The average Bonchev–Trinajstić information content (AvgIpc) is 3.24. The number of benzene rings is 1. The molecular formula is C17H19N3O3S. The van der Waals surface area contributed by atoms with E-state index in [1.807, 2.05) is 29.3 Å². The van der Waals surface area contributed by atoms with E-state index in [2.05, 4.69) is 10.3 Å². The van der Waals surface area contributed by atoms with Gasteiger partial charge < -0.3 is 14.4 Å². The van der Waals surface area contributed by atoms with Crippen molar-refractivity contribution in [2.75, 3.05) is 25.2 Å². The molecule has 6 nitrogen and oxygen atoms in total. The van der Waals surface area contributed by atoms with Crippen molar-refractivity contribution >= 4 is 22.5 Å². The lowest BCUT2D eigenvalue weighted by atomic mass is 10.1. The van der Waals surface area contributed by atoms with Crippen molar-refractivity contribution in [3.8, 4) is 11.5 Å². The zero-order valence-corrected chi connectivity index (χ0v) is 14.1. The van der Waals surface area contributed by atoms with Crippen LogP contribution in [0.25, 0.3) is 0 Å². The maximum Gasteiger partial charge on any atom is 0.323 e. The Kier molecular flexibility index (Phi) is 4.25. The molecule has 2 amide bonds. The van der Waals surface area contributed by atoms with Crippen molar-refractivity contribution in [2.45, 2.75) is 25.7 Å². The van der Waals surface area contributed by atoms with Gasteiger partial charge in [-0.05, 0) is 37.0 Å². The normalized spacial score (nSPS) is 16.2. The van der Waals surface area contributed by atoms with E-state index in [9.17, 15) is 4.79 Å². The highest BCUT2D eigenvalue weighted by Gasteiger charge is 2.18. The molecule has 4 rings (SSSR count). The SMILES string of the molecule is O=C(Nc1ncc(Cc2ccc3c(c2)OCO3)s1)N1CCCCC1. The predicted molar refractivity (Wildman–Crippen MR) is 91.9 cm³/mol. The van der Waals surface area contributed by atoms with Crippen LogP contribution in [-0.2, 0) is 6.42 Å². The number of ether oxygens (including phenoxy) is 2. The molecule has 1 fully saturated rings. The first kappa shape index (κ1) is 15.3. The summed E-state index contributed by atoms with van der Waals surface area (Å²) in [6, 6.07) is 5.91. The number of aromatic nitrogens is 1. The molecule has 0 atom stereocenters. The van der Waals surface area contributed by atoms with Gasteiger partial charge in [0.1, 0.15) is 0 Å². The summed E-state index contributed by atoms with van der Waals surface area (Å²) in [4.78, 5) is 19.5. The lowest BCUT2D eigenvalue weighted by molar-refractivity contribution is 0.174. The number of likely N-dealkylation sites (tertiary alicyclic amines) is 1. The zero-order valence-electron chi connectivity index (χ0n) is 13.3. The fraction of sp³-hybridized carbons (Fsp3) is 0.412. The van der Waals surface area contributed by atoms with Crippen molar-refractivity contribution in [3.05, 3.63) is 34.8 Å². The standard InChI is InChI=1S/C17H19N3O3S/c21-17(20-6-2-1-3-7-20)19-16-18-10-13(24-16)8-12-4-5-14-15(9-12)23-11-22-14/h4-5,9-10H,1-3,6-8,11H2,(H,18,19,21). The van der Waals surface area contributed by atoms with Crippen LogP contribution in [0.4, 0.5) is 9.93 Å². The van der Waals surface area contributed by atoms with E-state index in [0.29, 0.717) is 5.13 Å². The fourth-order valence-electron chi connectivity index (χ4n) is 2.97. The topological polar surface area (TPSA) is 63.7 Å². The maximum atomic E-state index is 12.2. The fourth-order valence-corrected chi connectivity index (χ4v) is 3.80. The monoisotopic (exact) mass is 345 g/mol. The Hall–Kier alpha value is -2.28. The van der Waals surface area contributed by atoms with E-state index in [1.165, 1.54) is 17.8 Å². The van der Waals surface area contributed by atoms with Gasteiger partial charge in [-0.2, -0.15) is 0 Å². The van der Waals surface area contributed by atoms with Gasteiger partial charge in [0.15, 0.2) is 16.6 Å². The molecule has 1 aromatic heterocycles. The van der Waals surface area contributed by atoms with E-state index < -0.39 is 0 Å². The zero-order chi connectivity index (χ0) is 16.4. The first-order valence-electron chi connectivity index (χ1n) is 8.17. The van der Waals surface area contributed by atoms with Gasteiger partial charge in [-0.3, -0.25) is 5.32 Å². The van der Waals surface area contributed by atoms with Gasteiger partial charge in [0.05, 0.1) is 0 Å². The van der Waals surface area contributed by atoms with Gasteiger partial charge in [0, 0.05) is 30.6 Å².